The maximum absolute atomic E-state index is 11.4. The number of ether oxygens (including phenoxy) is 3. The summed E-state index contributed by atoms with van der Waals surface area (Å²) in [6.45, 7) is 2.40. The molecule has 0 radical (unpaired) electrons. The molecule has 0 fully saturated rings. The quantitative estimate of drug-likeness (QED) is 0.340. The molecule has 1 N–H and O–H groups in total. The van der Waals surface area contributed by atoms with Gasteiger partial charge in [-0.05, 0) is 58.6 Å². The molecule has 1 aromatic heterocycles. The van der Waals surface area contributed by atoms with Gasteiger partial charge in [-0.25, -0.2) is 0 Å². The molecule has 1 heterocycles. The summed E-state index contributed by atoms with van der Waals surface area (Å²) in [6.07, 6.45) is 0. The van der Waals surface area contributed by atoms with Crippen LogP contribution in [0, 0.1) is 10.1 Å². The van der Waals surface area contributed by atoms with Crippen molar-refractivity contribution in [1.82, 2.24) is 14.7 Å². The first kappa shape index (κ1) is 20.7. The molecule has 3 aromatic rings. The van der Waals surface area contributed by atoms with Gasteiger partial charge in [0.15, 0.2) is 11.5 Å². The van der Waals surface area contributed by atoms with E-state index < -0.39 is 10.7 Å². The van der Waals surface area contributed by atoms with Crippen LogP contribution in [0.4, 0.5) is 5.82 Å². The van der Waals surface area contributed by atoms with Gasteiger partial charge < -0.3 is 29.5 Å². The molecule has 0 bridgehead atoms. The van der Waals surface area contributed by atoms with Crippen molar-refractivity contribution in [1.29, 1.82) is 0 Å². The Kier molecular flexibility index (Phi) is 6.20. The largest absolute Gasteiger partial charge is 0.497 e. The van der Waals surface area contributed by atoms with Crippen LogP contribution in [0.15, 0.2) is 47.5 Å². The number of rotatable bonds is 8. The van der Waals surface area contributed by atoms with Crippen LogP contribution in [0.3, 0.4) is 0 Å². The van der Waals surface area contributed by atoms with Gasteiger partial charge in [0.1, 0.15) is 11.4 Å². The SMILES string of the molecule is CCOc1ccc(CN=c2c([N+](=O)[O-])nn(-c3ccc(OC)cc3)n2O)cc1OC. The first-order chi connectivity index (χ1) is 14.5. The minimum absolute atomic E-state index is 0.0540. The molecule has 3 rings (SSSR count). The van der Waals surface area contributed by atoms with E-state index in [1.54, 1.807) is 42.5 Å². The zero-order chi connectivity index (χ0) is 21.7. The monoisotopic (exact) mass is 415 g/mol. The predicted octanol–water partition coefficient (Wildman–Crippen LogP) is 2.34. The van der Waals surface area contributed by atoms with E-state index in [0.29, 0.717) is 40.0 Å². The van der Waals surface area contributed by atoms with E-state index in [9.17, 15) is 15.3 Å². The Bertz CT molecular complexity index is 1100. The van der Waals surface area contributed by atoms with E-state index in [2.05, 4.69) is 10.1 Å². The number of nitro groups is 1. The topological polar surface area (TPSA) is 126 Å². The maximum Gasteiger partial charge on any atom is 0.438 e. The molecule has 158 valence electrons. The molecule has 11 heteroatoms. The van der Waals surface area contributed by atoms with Gasteiger partial charge in [-0.2, -0.15) is 0 Å². The van der Waals surface area contributed by atoms with Gasteiger partial charge in [0.25, 0.3) is 5.49 Å². The van der Waals surface area contributed by atoms with Crippen molar-refractivity contribution in [2.75, 3.05) is 20.8 Å². The zero-order valence-corrected chi connectivity index (χ0v) is 16.7. The second-order valence-electron chi connectivity index (χ2n) is 6.02. The standard InChI is InChI=1S/C19H21N5O6/c1-4-30-16-10-5-13(11-17(16)29-3)12-20-18-19(24(26)27)21-22(23(18)25)14-6-8-15(28-2)9-7-14/h5-11,25H,4,12H2,1-3H3. The van der Waals surface area contributed by atoms with Crippen molar-refractivity contribution in [2.45, 2.75) is 13.5 Å². The smallest absolute Gasteiger partial charge is 0.438 e. The fourth-order valence-electron chi connectivity index (χ4n) is 2.74. The molecule has 0 amide bonds. The fourth-order valence-corrected chi connectivity index (χ4v) is 2.74. The van der Waals surface area contributed by atoms with Crippen molar-refractivity contribution in [3.8, 4) is 22.9 Å². The lowest BCUT2D eigenvalue weighted by Gasteiger charge is -2.10. The summed E-state index contributed by atoms with van der Waals surface area (Å²) in [5, 5.41) is 25.8. The van der Waals surface area contributed by atoms with Crippen LogP contribution in [0.1, 0.15) is 12.5 Å². The second-order valence-corrected chi connectivity index (χ2v) is 6.02. The summed E-state index contributed by atoms with van der Waals surface area (Å²) in [7, 11) is 3.04. The van der Waals surface area contributed by atoms with Crippen molar-refractivity contribution in [2.24, 2.45) is 4.99 Å². The van der Waals surface area contributed by atoms with Crippen LogP contribution >= 0.6 is 0 Å². The zero-order valence-electron chi connectivity index (χ0n) is 16.7. The number of hydrogen-bond acceptors (Lipinski definition) is 8. The highest BCUT2D eigenvalue weighted by molar-refractivity contribution is 5.43. The van der Waals surface area contributed by atoms with Gasteiger partial charge in [-0.1, -0.05) is 10.9 Å². The number of benzene rings is 2. The van der Waals surface area contributed by atoms with Crippen molar-refractivity contribution >= 4 is 5.82 Å². The third-order valence-corrected chi connectivity index (χ3v) is 4.17. The number of aromatic nitrogens is 3. The van der Waals surface area contributed by atoms with Crippen LogP contribution in [0.5, 0.6) is 17.2 Å². The molecule has 0 aliphatic rings. The van der Waals surface area contributed by atoms with Gasteiger partial charge in [0, 0.05) is 0 Å². The van der Waals surface area contributed by atoms with E-state index in [1.807, 2.05) is 6.92 Å². The second kappa shape index (κ2) is 8.99. The normalized spacial score (nSPS) is 11.4. The minimum atomic E-state index is -0.704. The minimum Gasteiger partial charge on any atom is -0.497 e. The average molecular weight is 415 g/mol. The van der Waals surface area contributed by atoms with Crippen molar-refractivity contribution in [3.63, 3.8) is 0 Å². The third kappa shape index (κ3) is 4.19. The fraction of sp³-hybridized carbons (Fsp3) is 0.263. The first-order valence-electron chi connectivity index (χ1n) is 8.99. The Labute approximate surface area is 171 Å². The Hall–Kier alpha value is -4.02. The summed E-state index contributed by atoms with van der Waals surface area (Å²) in [4.78, 5) is 16.4. The molecular formula is C19H21N5O6. The highest BCUT2D eigenvalue weighted by Crippen LogP contribution is 2.28. The van der Waals surface area contributed by atoms with Crippen LogP contribution in [0.2, 0.25) is 0 Å². The van der Waals surface area contributed by atoms with E-state index in [4.69, 9.17) is 14.2 Å². The first-order valence-corrected chi connectivity index (χ1v) is 8.99. The van der Waals surface area contributed by atoms with Crippen molar-refractivity contribution < 1.29 is 24.3 Å². The number of hydrogen-bond donors (Lipinski definition) is 1. The summed E-state index contributed by atoms with van der Waals surface area (Å²) >= 11 is 0. The summed E-state index contributed by atoms with van der Waals surface area (Å²) in [6, 6.07) is 11.7. The summed E-state index contributed by atoms with van der Waals surface area (Å²) in [5.41, 5.74) is 0.816. The molecule has 2 aromatic carbocycles. The van der Waals surface area contributed by atoms with Crippen molar-refractivity contribution in [3.05, 3.63) is 63.6 Å². The predicted molar refractivity (Wildman–Crippen MR) is 105 cm³/mol. The van der Waals surface area contributed by atoms with Crippen LogP contribution < -0.4 is 19.7 Å². The van der Waals surface area contributed by atoms with E-state index in [0.717, 1.165) is 4.80 Å². The van der Waals surface area contributed by atoms with Gasteiger partial charge >= 0.3 is 5.82 Å². The molecule has 0 aliphatic carbocycles. The summed E-state index contributed by atoms with van der Waals surface area (Å²) in [5.74, 6) is 1.12. The maximum atomic E-state index is 11.4. The van der Waals surface area contributed by atoms with Gasteiger partial charge in [0.05, 0.1) is 32.5 Å². The van der Waals surface area contributed by atoms with Gasteiger partial charge in [-0.15, -0.1) is 0 Å². The molecule has 0 aliphatic heterocycles. The third-order valence-electron chi connectivity index (χ3n) is 4.17. The molecule has 11 nitrogen and oxygen atoms in total. The molecular weight excluding hydrogens is 394 g/mol. The van der Waals surface area contributed by atoms with Crippen LogP contribution in [-0.2, 0) is 6.54 Å². The molecule has 0 spiro atoms. The lowest BCUT2D eigenvalue weighted by molar-refractivity contribution is -0.391. The van der Waals surface area contributed by atoms with E-state index in [1.165, 1.54) is 14.2 Å². The average Bonchev–Trinajstić information content (AvgIpc) is 3.09. The molecule has 0 saturated carbocycles. The Morgan fingerprint density at radius 2 is 1.87 bits per heavy atom. The van der Waals surface area contributed by atoms with E-state index >= 15 is 0 Å². The number of methoxy groups -OCH3 is 2. The Balaban J connectivity index is 1.99. The highest BCUT2D eigenvalue weighted by Gasteiger charge is 2.24. The molecule has 0 atom stereocenters. The lowest BCUT2D eigenvalue weighted by Crippen LogP contribution is -2.22. The summed E-state index contributed by atoms with van der Waals surface area (Å²) < 4.78 is 15.9. The number of nitrogens with zero attached hydrogens (tertiary/aromatic N) is 5. The van der Waals surface area contributed by atoms with Gasteiger partial charge in [0.2, 0.25) is 0 Å². The molecule has 30 heavy (non-hydrogen) atoms. The Morgan fingerprint density at radius 3 is 2.47 bits per heavy atom. The Morgan fingerprint density at radius 1 is 1.13 bits per heavy atom. The molecule has 0 unspecified atom stereocenters. The molecule has 0 saturated heterocycles. The van der Waals surface area contributed by atoms with Crippen LogP contribution in [-0.4, -0.2) is 45.7 Å². The van der Waals surface area contributed by atoms with E-state index in [-0.39, 0.29) is 12.0 Å². The van der Waals surface area contributed by atoms with Crippen LogP contribution in [0.25, 0.3) is 5.69 Å². The van der Waals surface area contributed by atoms with Gasteiger partial charge in [-0.3, -0.25) is 4.99 Å². The highest BCUT2D eigenvalue weighted by atomic mass is 16.6. The lowest BCUT2D eigenvalue weighted by atomic mass is 10.2.